The maximum Gasteiger partial charge on any atom is 0.235 e. The van der Waals surface area contributed by atoms with E-state index in [1.54, 1.807) is 24.9 Å². The highest BCUT2D eigenvalue weighted by molar-refractivity contribution is 7.99. The second kappa shape index (κ2) is 5.82. The highest BCUT2D eigenvalue weighted by Gasteiger charge is 2.29. The summed E-state index contributed by atoms with van der Waals surface area (Å²) in [6.07, 6.45) is -0.733. The van der Waals surface area contributed by atoms with E-state index in [0.717, 1.165) is 10.5 Å². The smallest absolute Gasteiger partial charge is 0.235 e. The Balaban J connectivity index is 2.20. The van der Waals surface area contributed by atoms with Crippen LogP contribution in [0.2, 0.25) is 0 Å². The highest BCUT2D eigenvalue weighted by Crippen LogP contribution is 2.38. The van der Waals surface area contributed by atoms with Crippen LogP contribution in [0.1, 0.15) is 11.7 Å². The van der Waals surface area contributed by atoms with E-state index < -0.39 is 6.10 Å². The Morgan fingerprint density at radius 1 is 1.67 bits per heavy atom. The molecular formula is C12H14ClNO3S. The molecule has 0 fully saturated rings. The number of fused-ring (bicyclic) bond motifs is 1. The third-order valence-corrected chi connectivity index (χ3v) is 4.25. The SMILES string of the molecule is COc1ccc2c(c1)[C@@H](O)[C@@H](NC(=O)CCl)CS2. The largest absolute Gasteiger partial charge is 0.497 e. The number of carbonyl (C=O) groups excluding carboxylic acids is 1. The van der Waals surface area contributed by atoms with Crippen molar-refractivity contribution in [1.29, 1.82) is 0 Å². The predicted octanol–water partition coefficient (Wildman–Crippen LogP) is 1.56. The Hall–Kier alpha value is -0.910. The number of carbonyl (C=O) groups is 1. The van der Waals surface area contributed by atoms with Crippen LogP contribution >= 0.6 is 23.4 Å². The molecular weight excluding hydrogens is 274 g/mol. The molecule has 1 aliphatic rings. The van der Waals surface area contributed by atoms with Crippen molar-refractivity contribution in [2.45, 2.75) is 17.0 Å². The number of thioether (sulfide) groups is 1. The number of hydrogen-bond donors (Lipinski definition) is 2. The summed E-state index contributed by atoms with van der Waals surface area (Å²) in [5, 5.41) is 13.0. The van der Waals surface area contributed by atoms with Crippen LogP contribution in [-0.2, 0) is 4.79 Å². The fourth-order valence-corrected chi connectivity index (χ4v) is 3.08. The van der Waals surface area contributed by atoms with Crippen molar-refractivity contribution in [2.24, 2.45) is 0 Å². The number of rotatable bonds is 3. The van der Waals surface area contributed by atoms with Crippen molar-refractivity contribution >= 4 is 29.3 Å². The summed E-state index contributed by atoms with van der Waals surface area (Å²) < 4.78 is 5.14. The molecule has 0 spiro atoms. The summed E-state index contributed by atoms with van der Waals surface area (Å²) in [6, 6.07) is 5.25. The predicted molar refractivity (Wildman–Crippen MR) is 71.3 cm³/mol. The number of hydrogen-bond acceptors (Lipinski definition) is 4. The van der Waals surface area contributed by atoms with Crippen LogP contribution in [0, 0.1) is 0 Å². The van der Waals surface area contributed by atoms with Gasteiger partial charge >= 0.3 is 0 Å². The molecule has 2 atom stereocenters. The number of aliphatic hydroxyl groups is 1. The summed E-state index contributed by atoms with van der Waals surface area (Å²) in [5.74, 6) is 0.951. The van der Waals surface area contributed by atoms with Gasteiger partial charge in [-0.25, -0.2) is 0 Å². The molecule has 18 heavy (non-hydrogen) atoms. The average Bonchev–Trinajstić information content (AvgIpc) is 2.41. The van der Waals surface area contributed by atoms with Gasteiger partial charge in [0.05, 0.1) is 13.2 Å². The van der Waals surface area contributed by atoms with E-state index in [-0.39, 0.29) is 17.8 Å². The van der Waals surface area contributed by atoms with Crippen molar-refractivity contribution in [3.8, 4) is 5.75 Å². The number of alkyl halides is 1. The first-order valence-electron chi connectivity index (χ1n) is 5.50. The molecule has 0 radical (unpaired) electrons. The second-order valence-electron chi connectivity index (χ2n) is 3.97. The molecule has 0 aliphatic carbocycles. The van der Waals surface area contributed by atoms with Crippen LogP contribution < -0.4 is 10.1 Å². The molecule has 1 aromatic carbocycles. The minimum Gasteiger partial charge on any atom is -0.497 e. The minimum absolute atomic E-state index is 0.0984. The zero-order chi connectivity index (χ0) is 13.1. The molecule has 0 unspecified atom stereocenters. The normalized spacial score (nSPS) is 22.2. The lowest BCUT2D eigenvalue weighted by atomic mass is 10.0. The molecule has 4 nitrogen and oxygen atoms in total. The first-order valence-corrected chi connectivity index (χ1v) is 7.02. The number of ether oxygens (including phenoxy) is 1. The van der Waals surface area contributed by atoms with Gasteiger partial charge in [-0.3, -0.25) is 4.79 Å². The summed E-state index contributed by atoms with van der Waals surface area (Å²) >= 11 is 7.05. The lowest BCUT2D eigenvalue weighted by Crippen LogP contribution is -2.43. The van der Waals surface area contributed by atoms with E-state index in [0.29, 0.717) is 11.5 Å². The molecule has 0 bridgehead atoms. The Labute approximate surface area is 115 Å². The topological polar surface area (TPSA) is 58.6 Å². The molecule has 0 saturated heterocycles. The van der Waals surface area contributed by atoms with Crippen LogP contribution in [0.3, 0.4) is 0 Å². The van der Waals surface area contributed by atoms with Crippen molar-refractivity contribution < 1.29 is 14.6 Å². The second-order valence-corrected chi connectivity index (χ2v) is 5.30. The number of nitrogens with one attached hydrogen (secondary N) is 1. The van der Waals surface area contributed by atoms with Crippen LogP contribution in [-0.4, -0.2) is 35.8 Å². The first-order chi connectivity index (χ1) is 8.65. The van der Waals surface area contributed by atoms with Gasteiger partial charge in [-0.05, 0) is 23.8 Å². The maximum atomic E-state index is 11.3. The summed E-state index contributed by atoms with van der Waals surface area (Å²) in [5.41, 5.74) is 0.783. The summed E-state index contributed by atoms with van der Waals surface area (Å²) in [6.45, 7) is 0. The van der Waals surface area contributed by atoms with E-state index in [9.17, 15) is 9.90 Å². The molecule has 1 aromatic rings. The molecule has 0 saturated carbocycles. The third kappa shape index (κ3) is 2.74. The molecule has 98 valence electrons. The van der Waals surface area contributed by atoms with Gasteiger partial charge in [-0.1, -0.05) is 0 Å². The Morgan fingerprint density at radius 3 is 3.11 bits per heavy atom. The van der Waals surface area contributed by atoms with Crippen LogP contribution in [0.4, 0.5) is 0 Å². The van der Waals surface area contributed by atoms with E-state index in [2.05, 4.69) is 5.32 Å². The Morgan fingerprint density at radius 2 is 2.44 bits per heavy atom. The third-order valence-electron chi connectivity index (χ3n) is 2.80. The molecule has 0 aromatic heterocycles. The Bertz CT molecular complexity index is 455. The molecule has 1 amide bonds. The van der Waals surface area contributed by atoms with Crippen LogP contribution in [0.15, 0.2) is 23.1 Å². The fourth-order valence-electron chi connectivity index (χ4n) is 1.87. The number of methoxy groups -OCH3 is 1. The molecule has 2 rings (SSSR count). The minimum atomic E-state index is -0.733. The average molecular weight is 288 g/mol. The molecule has 1 aliphatic heterocycles. The van der Waals surface area contributed by atoms with Gasteiger partial charge in [0, 0.05) is 10.6 Å². The van der Waals surface area contributed by atoms with Gasteiger partial charge in [0.25, 0.3) is 0 Å². The number of amides is 1. The van der Waals surface area contributed by atoms with Gasteiger partial charge in [-0.2, -0.15) is 0 Å². The van der Waals surface area contributed by atoms with Crippen molar-refractivity contribution in [2.75, 3.05) is 18.7 Å². The quantitative estimate of drug-likeness (QED) is 0.829. The van der Waals surface area contributed by atoms with Crippen LogP contribution in [0.5, 0.6) is 5.75 Å². The summed E-state index contributed by atoms with van der Waals surface area (Å²) in [7, 11) is 1.58. The molecule has 6 heteroatoms. The van der Waals surface area contributed by atoms with Crippen molar-refractivity contribution in [3.63, 3.8) is 0 Å². The highest BCUT2D eigenvalue weighted by atomic mass is 35.5. The van der Waals surface area contributed by atoms with E-state index in [1.807, 2.05) is 12.1 Å². The first kappa shape index (κ1) is 13.5. The number of benzene rings is 1. The van der Waals surface area contributed by atoms with E-state index >= 15 is 0 Å². The molecule has 1 heterocycles. The number of aliphatic hydroxyl groups excluding tert-OH is 1. The molecule has 2 N–H and O–H groups in total. The number of halogens is 1. The van der Waals surface area contributed by atoms with Crippen LogP contribution in [0.25, 0.3) is 0 Å². The van der Waals surface area contributed by atoms with Gasteiger partial charge in [0.2, 0.25) is 5.91 Å². The lowest BCUT2D eigenvalue weighted by Gasteiger charge is -2.30. The monoisotopic (exact) mass is 287 g/mol. The Kier molecular flexibility index (Phi) is 4.37. The van der Waals surface area contributed by atoms with E-state index in [4.69, 9.17) is 16.3 Å². The standard InChI is InChI=1S/C12H14ClNO3S/c1-17-7-2-3-10-8(4-7)12(16)9(6-18-10)14-11(15)5-13/h2-4,9,12,16H,5-6H2,1H3,(H,14,15)/t9-,12+/m0/s1. The van der Waals surface area contributed by atoms with Crippen molar-refractivity contribution in [1.82, 2.24) is 5.32 Å². The summed E-state index contributed by atoms with van der Waals surface area (Å²) in [4.78, 5) is 12.3. The van der Waals surface area contributed by atoms with E-state index in [1.165, 1.54) is 0 Å². The zero-order valence-corrected chi connectivity index (χ0v) is 11.4. The zero-order valence-electron chi connectivity index (χ0n) is 9.85. The van der Waals surface area contributed by atoms with Gasteiger partial charge < -0.3 is 15.2 Å². The maximum absolute atomic E-state index is 11.3. The van der Waals surface area contributed by atoms with Gasteiger partial charge in [-0.15, -0.1) is 23.4 Å². The van der Waals surface area contributed by atoms with Crippen molar-refractivity contribution in [3.05, 3.63) is 23.8 Å². The fraction of sp³-hybridized carbons (Fsp3) is 0.417. The lowest BCUT2D eigenvalue weighted by molar-refractivity contribution is -0.120. The van der Waals surface area contributed by atoms with Gasteiger partial charge in [0.1, 0.15) is 17.7 Å². The van der Waals surface area contributed by atoms with Gasteiger partial charge in [0.15, 0.2) is 0 Å².